The van der Waals surface area contributed by atoms with E-state index >= 15 is 0 Å². The first-order valence-corrected chi connectivity index (χ1v) is 3.86. The van der Waals surface area contributed by atoms with Gasteiger partial charge in [0.1, 0.15) is 5.15 Å². The summed E-state index contributed by atoms with van der Waals surface area (Å²) in [5.74, 6) is 4.69. The zero-order valence-corrected chi connectivity index (χ0v) is 7.85. The molecule has 0 fully saturated rings. The highest BCUT2D eigenvalue weighted by Crippen LogP contribution is 2.34. The Hall–Kier alpha value is -0.790. The molecular formula is C6H7ClF3N3O. The fraction of sp³-hybridized carbons (Fsp3) is 0.500. The first-order valence-electron chi connectivity index (χ1n) is 3.48. The van der Waals surface area contributed by atoms with Crippen molar-refractivity contribution in [1.29, 1.82) is 0 Å². The number of rotatable bonds is 2. The maximum Gasteiger partial charge on any atom is 0.435 e. The van der Waals surface area contributed by atoms with Crippen molar-refractivity contribution in [3.05, 3.63) is 16.4 Å². The van der Waals surface area contributed by atoms with Crippen LogP contribution in [0, 0.1) is 0 Å². The Morgan fingerprint density at radius 3 is 2.57 bits per heavy atom. The third-order valence-electron chi connectivity index (χ3n) is 1.57. The highest BCUT2D eigenvalue weighted by Gasteiger charge is 2.38. The minimum Gasteiger partial charge on any atom is -0.300 e. The monoisotopic (exact) mass is 229 g/mol. The van der Waals surface area contributed by atoms with Gasteiger partial charge < -0.3 is 0 Å². The van der Waals surface area contributed by atoms with Crippen LogP contribution in [0.2, 0.25) is 5.15 Å². The molecule has 14 heavy (non-hydrogen) atoms. The summed E-state index contributed by atoms with van der Waals surface area (Å²) >= 11 is 5.56. The molecule has 1 heterocycles. The van der Waals surface area contributed by atoms with Crippen molar-refractivity contribution >= 4 is 11.6 Å². The maximum absolute atomic E-state index is 12.3. The molecule has 0 atom stereocenters. The average molecular weight is 230 g/mol. The van der Waals surface area contributed by atoms with Gasteiger partial charge in [-0.15, -0.1) is 0 Å². The van der Waals surface area contributed by atoms with Gasteiger partial charge in [0.2, 0.25) is 0 Å². The van der Waals surface area contributed by atoms with E-state index in [9.17, 15) is 13.2 Å². The van der Waals surface area contributed by atoms with E-state index < -0.39 is 18.5 Å². The summed E-state index contributed by atoms with van der Waals surface area (Å²) in [5.41, 5.74) is -1.33. The molecule has 4 nitrogen and oxygen atoms in total. The zero-order chi connectivity index (χ0) is 10.9. The van der Waals surface area contributed by atoms with Gasteiger partial charge in [-0.1, -0.05) is 11.6 Å². The van der Waals surface area contributed by atoms with Gasteiger partial charge in [-0.05, 0) is 0 Å². The molecular weight excluding hydrogens is 223 g/mol. The minimum atomic E-state index is -4.56. The number of hydrogen-bond donors (Lipinski definition) is 1. The van der Waals surface area contributed by atoms with Crippen molar-refractivity contribution in [3.8, 4) is 0 Å². The van der Waals surface area contributed by atoms with Crippen LogP contribution in [0.5, 0.6) is 0 Å². The van der Waals surface area contributed by atoms with Gasteiger partial charge in [-0.3, -0.25) is 9.52 Å². The van der Waals surface area contributed by atoms with Gasteiger partial charge in [0.25, 0.3) is 0 Å². The van der Waals surface area contributed by atoms with Gasteiger partial charge in [0.05, 0.1) is 6.61 Å². The Kier molecular flexibility index (Phi) is 3.03. The molecule has 2 N–H and O–H groups in total. The molecule has 80 valence electrons. The van der Waals surface area contributed by atoms with Crippen LogP contribution in [0.3, 0.4) is 0 Å². The van der Waals surface area contributed by atoms with Gasteiger partial charge >= 0.3 is 6.18 Å². The van der Waals surface area contributed by atoms with E-state index in [0.29, 0.717) is 0 Å². The lowest BCUT2D eigenvalue weighted by atomic mass is 10.2. The molecule has 0 saturated heterocycles. The number of hydrogen-bond acceptors (Lipinski definition) is 3. The summed E-state index contributed by atoms with van der Waals surface area (Å²) in [5, 5.41) is 3.09. The van der Waals surface area contributed by atoms with E-state index in [4.69, 9.17) is 11.6 Å². The van der Waals surface area contributed by atoms with Gasteiger partial charge in [0.15, 0.2) is 5.69 Å². The first kappa shape index (κ1) is 11.3. The van der Waals surface area contributed by atoms with Gasteiger partial charge in [-0.2, -0.15) is 18.3 Å². The molecule has 0 aromatic carbocycles. The number of nitrogens with zero attached hydrogens (tertiary/aromatic N) is 2. The standard InChI is InChI=1S/C6H7ClF3N3O/c1-13-5(7)3(2-14-11)4(12-13)6(8,9)10/h2,11H2,1H3. The number of aryl methyl sites for hydroxylation is 1. The molecule has 0 unspecified atom stereocenters. The Balaban J connectivity index is 3.22. The van der Waals surface area contributed by atoms with E-state index in [2.05, 4.69) is 15.8 Å². The first-order chi connectivity index (χ1) is 6.38. The van der Waals surface area contributed by atoms with Crippen LogP contribution in [0.25, 0.3) is 0 Å². The van der Waals surface area contributed by atoms with Crippen LogP contribution in [0.1, 0.15) is 11.3 Å². The SMILES string of the molecule is Cn1nc(C(F)(F)F)c(CON)c1Cl. The smallest absolute Gasteiger partial charge is 0.300 e. The number of aromatic nitrogens is 2. The summed E-state index contributed by atoms with van der Waals surface area (Å²) in [7, 11) is 1.30. The zero-order valence-electron chi connectivity index (χ0n) is 7.10. The molecule has 0 aliphatic rings. The second kappa shape index (κ2) is 3.76. The highest BCUT2D eigenvalue weighted by atomic mass is 35.5. The number of nitrogens with two attached hydrogens (primary N) is 1. The second-order valence-electron chi connectivity index (χ2n) is 2.55. The summed E-state index contributed by atoms with van der Waals surface area (Å²) in [4.78, 5) is 4.12. The van der Waals surface area contributed by atoms with Crippen LogP contribution in [-0.4, -0.2) is 9.78 Å². The quantitative estimate of drug-likeness (QED) is 0.782. The molecule has 0 bridgehead atoms. The Bertz CT molecular complexity index is 336. The van der Waals surface area contributed by atoms with Crippen LogP contribution >= 0.6 is 11.6 Å². The van der Waals surface area contributed by atoms with E-state index in [-0.39, 0.29) is 10.7 Å². The normalized spacial score (nSPS) is 12.1. The summed E-state index contributed by atoms with van der Waals surface area (Å²) < 4.78 is 37.9. The van der Waals surface area contributed by atoms with Crippen LogP contribution in [-0.2, 0) is 24.7 Å². The fourth-order valence-corrected chi connectivity index (χ4v) is 1.17. The molecule has 0 aliphatic heterocycles. The van der Waals surface area contributed by atoms with Crippen LogP contribution in [0.15, 0.2) is 0 Å². The Labute approximate surface area is 82.3 Å². The van der Waals surface area contributed by atoms with Crippen molar-refractivity contribution < 1.29 is 18.0 Å². The molecule has 0 amide bonds. The minimum absolute atomic E-state index is 0.136. The summed E-state index contributed by atoms with van der Waals surface area (Å²) in [6.45, 7) is -0.429. The lowest BCUT2D eigenvalue weighted by Crippen LogP contribution is -2.11. The molecule has 1 rings (SSSR count). The van der Waals surface area contributed by atoms with Crippen molar-refractivity contribution in [2.24, 2.45) is 12.9 Å². The third kappa shape index (κ3) is 1.99. The highest BCUT2D eigenvalue weighted by molar-refractivity contribution is 6.30. The molecule has 0 radical (unpaired) electrons. The predicted octanol–water partition coefficient (Wildman–Crippen LogP) is 1.48. The van der Waals surface area contributed by atoms with E-state index in [1.165, 1.54) is 7.05 Å². The molecule has 1 aromatic heterocycles. The fourth-order valence-electron chi connectivity index (χ4n) is 0.986. The number of halogens is 4. The largest absolute Gasteiger partial charge is 0.435 e. The average Bonchev–Trinajstić information content (AvgIpc) is 2.32. The van der Waals surface area contributed by atoms with Crippen molar-refractivity contribution in [1.82, 2.24) is 9.78 Å². The van der Waals surface area contributed by atoms with E-state index in [0.717, 1.165) is 4.68 Å². The van der Waals surface area contributed by atoms with Gasteiger partial charge in [-0.25, -0.2) is 5.90 Å². The lowest BCUT2D eigenvalue weighted by Gasteiger charge is -2.04. The van der Waals surface area contributed by atoms with Crippen LogP contribution < -0.4 is 5.90 Å². The predicted molar refractivity (Wildman–Crippen MR) is 42.2 cm³/mol. The topological polar surface area (TPSA) is 53.1 Å². The molecule has 8 heteroatoms. The molecule has 0 aliphatic carbocycles. The van der Waals surface area contributed by atoms with Crippen molar-refractivity contribution in [3.63, 3.8) is 0 Å². The van der Waals surface area contributed by atoms with Crippen LogP contribution in [0.4, 0.5) is 13.2 Å². The molecule has 0 saturated carbocycles. The Morgan fingerprint density at radius 1 is 1.57 bits per heavy atom. The molecule has 0 spiro atoms. The van der Waals surface area contributed by atoms with Crippen molar-refractivity contribution in [2.45, 2.75) is 12.8 Å². The third-order valence-corrected chi connectivity index (χ3v) is 2.04. The maximum atomic E-state index is 12.3. The van der Waals surface area contributed by atoms with Crippen molar-refractivity contribution in [2.75, 3.05) is 0 Å². The van der Waals surface area contributed by atoms with E-state index in [1.54, 1.807) is 0 Å². The van der Waals surface area contributed by atoms with Gasteiger partial charge in [0, 0.05) is 12.6 Å². The summed E-state index contributed by atoms with van der Waals surface area (Å²) in [6, 6.07) is 0. The number of alkyl halides is 3. The van der Waals surface area contributed by atoms with E-state index in [1.807, 2.05) is 0 Å². The molecule has 1 aromatic rings. The Morgan fingerprint density at radius 2 is 2.14 bits per heavy atom. The summed E-state index contributed by atoms with van der Waals surface area (Å²) in [6.07, 6.45) is -4.56. The second-order valence-corrected chi connectivity index (χ2v) is 2.91. The lowest BCUT2D eigenvalue weighted by molar-refractivity contribution is -0.142.